The maximum atomic E-state index is 12.4. The molecule has 2 aromatic rings. The van der Waals surface area contributed by atoms with Crippen LogP contribution >= 0.6 is 11.6 Å². The Morgan fingerprint density at radius 3 is 2.64 bits per heavy atom. The molecule has 0 aliphatic heterocycles. The molecule has 0 aliphatic carbocycles. The molecule has 0 unspecified atom stereocenters. The number of carbonyl (C=O) groups is 1. The number of aromatic nitrogens is 4. The molecule has 116 valence electrons. The SMILES string of the molecule is CC(C)c1ncc(Cl)c(C(=O)Nc2cncnc2N(C)C)n1. The van der Waals surface area contributed by atoms with Crippen LogP contribution < -0.4 is 10.2 Å². The number of carbonyl (C=O) groups excluding carboxylic acids is 1. The fourth-order valence-electron chi connectivity index (χ4n) is 1.77. The van der Waals surface area contributed by atoms with Gasteiger partial charge >= 0.3 is 0 Å². The lowest BCUT2D eigenvalue weighted by Gasteiger charge is -2.16. The van der Waals surface area contributed by atoms with E-state index in [9.17, 15) is 4.79 Å². The smallest absolute Gasteiger partial charge is 0.276 e. The van der Waals surface area contributed by atoms with E-state index in [1.165, 1.54) is 18.7 Å². The zero-order valence-electron chi connectivity index (χ0n) is 12.8. The molecule has 8 heteroatoms. The van der Waals surface area contributed by atoms with Gasteiger partial charge in [0.05, 0.1) is 17.4 Å². The van der Waals surface area contributed by atoms with Crippen LogP contribution in [0.25, 0.3) is 0 Å². The van der Waals surface area contributed by atoms with E-state index in [-0.39, 0.29) is 16.6 Å². The molecule has 2 rings (SSSR count). The van der Waals surface area contributed by atoms with Crippen LogP contribution in [-0.2, 0) is 0 Å². The predicted octanol–water partition coefficient (Wildman–Crippen LogP) is 2.36. The Hall–Kier alpha value is -2.28. The van der Waals surface area contributed by atoms with Crippen LogP contribution in [0.2, 0.25) is 5.02 Å². The minimum atomic E-state index is -0.424. The summed E-state index contributed by atoms with van der Waals surface area (Å²) < 4.78 is 0. The van der Waals surface area contributed by atoms with Gasteiger partial charge in [-0.2, -0.15) is 0 Å². The van der Waals surface area contributed by atoms with Crippen molar-refractivity contribution in [2.24, 2.45) is 0 Å². The van der Waals surface area contributed by atoms with Gasteiger partial charge in [0.25, 0.3) is 5.91 Å². The molecular formula is C14H17ClN6O. The Morgan fingerprint density at radius 2 is 2.00 bits per heavy atom. The minimum absolute atomic E-state index is 0.0983. The van der Waals surface area contributed by atoms with Gasteiger partial charge in [-0.1, -0.05) is 25.4 Å². The lowest BCUT2D eigenvalue weighted by molar-refractivity contribution is 0.102. The molecule has 0 aromatic carbocycles. The molecule has 2 aromatic heterocycles. The fraction of sp³-hybridized carbons (Fsp3) is 0.357. The Balaban J connectivity index is 2.32. The van der Waals surface area contributed by atoms with Gasteiger partial charge in [-0.15, -0.1) is 0 Å². The van der Waals surface area contributed by atoms with E-state index < -0.39 is 5.91 Å². The second-order valence-electron chi connectivity index (χ2n) is 5.19. The number of halogens is 1. The maximum absolute atomic E-state index is 12.4. The summed E-state index contributed by atoms with van der Waals surface area (Å²) in [6.45, 7) is 3.89. The highest BCUT2D eigenvalue weighted by molar-refractivity contribution is 6.34. The number of hydrogen-bond acceptors (Lipinski definition) is 6. The molecule has 22 heavy (non-hydrogen) atoms. The molecule has 2 heterocycles. The summed E-state index contributed by atoms with van der Waals surface area (Å²) in [6.07, 6.45) is 4.38. The van der Waals surface area contributed by atoms with Crippen LogP contribution in [0, 0.1) is 0 Å². The molecular weight excluding hydrogens is 304 g/mol. The van der Waals surface area contributed by atoms with E-state index in [1.807, 2.05) is 27.9 Å². The van der Waals surface area contributed by atoms with Crippen LogP contribution in [0.15, 0.2) is 18.7 Å². The van der Waals surface area contributed by atoms with Crippen LogP contribution in [-0.4, -0.2) is 39.9 Å². The maximum Gasteiger partial charge on any atom is 0.276 e. The van der Waals surface area contributed by atoms with Crippen LogP contribution in [0.5, 0.6) is 0 Å². The Bertz CT molecular complexity index is 689. The first-order chi connectivity index (χ1) is 10.4. The topological polar surface area (TPSA) is 83.9 Å². The first-order valence-corrected chi connectivity index (χ1v) is 7.09. The average Bonchev–Trinajstić information content (AvgIpc) is 2.47. The van der Waals surface area contributed by atoms with Gasteiger partial charge in [-0.05, 0) is 0 Å². The molecule has 0 aliphatic rings. The summed E-state index contributed by atoms with van der Waals surface area (Å²) in [5.41, 5.74) is 0.618. The van der Waals surface area contributed by atoms with Crippen molar-refractivity contribution in [3.05, 3.63) is 35.3 Å². The Kier molecular flexibility index (Phi) is 4.87. The first kappa shape index (κ1) is 16.1. The van der Waals surface area contributed by atoms with Crippen LogP contribution in [0.1, 0.15) is 36.1 Å². The number of nitrogens with one attached hydrogen (secondary N) is 1. The quantitative estimate of drug-likeness (QED) is 0.931. The largest absolute Gasteiger partial charge is 0.361 e. The number of hydrogen-bond donors (Lipinski definition) is 1. The summed E-state index contributed by atoms with van der Waals surface area (Å²) in [5, 5.41) is 2.93. The van der Waals surface area contributed by atoms with Gasteiger partial charge < -0.3 is 10.2 Å². The van der Waals surface area contributed by atoms with Crippen molar-refractivity contribution in [2.45, 2.75) is 19.8 Å². The molecule has 0 saturated heterocycles. The van der Waals surface area contributed by atoms with E-state index in [2.05, 4.69) is 25.3 Å². The first-order valence-electron chi connectivity index (χ1n) is 6.71. The normalized spacial score (nSPS) is 10.6. The molecule has 0 radical (unpaired) electrons. The van der Waals surface area contributed by atoms with E-state index in [1.54, 1.807) is 4.90 Å². The lowest BCUT2D eigenvalue weighted by Crippen LogP contribution is -2.20. The molecule has 0 fully saturated rings. The third kappa shape index (κ3) is 3.48. The Labute approximate surface area is 133 Å². The monoisotopic (exact) mass is 320 g/mol. The number of rotatable bonds is 4. The van der Waals surface area contributed by atoms with Gasteiger partial charge in [-0.25, -0.2) is 19.9 Å². The Morgan fingerprint density at radius 1 is 1.27 bits per heavy atom. The van der Waals surface area contributed by atoms with E-state index in [0.717, 1.165) is 0 Å². The van der Waals surface area contributed by atoms with Crippen molar-refractivity contribution in [1.82, 2.24) is 19.9 Å². The molecule has 1 N–H and O–H groups in total. The van der Waals surface area contributed by atoms with Crippen molar-refractivity contribution < 1.29 is 4.79 Å². The zero-order valence-corrected chi connectivity index (χ0v) is 13.6. The second-order valence-corrected chi connectivity index (χ2v) is 5.60. The molecule has 1 amide bonds. The number of amides is 1. The summed E-state index contributed by atoms with van der Waals surface area (Å²) in [6, 6.07) is 0. The molecule has 0 saturated carbocycles. The average molecular weight is 321 g/mol. The zero-order chi connectivity index (χ0) is 16.3. The minimum Gasteiger partial charge on any atom is -0.361 e. The van der Waals surface area contributed by atoms with E-state index in [0.29, 0.717) is 17.3 Å². The highest BCUT2D eigenvalue weighted by atomic mass is 35.5. The standard InChI is InChI=1S/C14H17ClN6O/c1-8(2)12-17-5-9(15)11(20-12)14(22)19-10-6-16-7-18-13(10)21(3)4/h5-8H,1-4H3,(H,19,22). The third-order valence-electron chi connectivity index (χ3n) is 2.86. The summed E-state index contributed by atoms with van der Waals surface area (Å²) in [7, 11) is 3.65. The molecule has 7 nitrogen and oxygen atoms in total. The highest BCUT2D eigenvalue weighted by Gasteiger charge is 2.17. The van der Waals surface area contributed by atoms with Crippen molar-refractivity contribution in [3.63, 3.8) is 0 Å². The fourth-order valence-corrected chi connectivity index (χ4v) is 1.94. The predicted molar refractivity (Wildman–Crippen MR) is 85.4 cm³/mol. The lowest BCUT2D eigenvalue weighted by atomic mass is 10.2. The summed E-state index contributed by atoms with van der Waals surface area (Å²) in [4.78, 5) is 30.6. The van der Waals surface area contributed by atoms with Crippen molar-refractivity contribution in [1.29, 1.82) is 0 Å². The van der Waals surface area contributed by atoms with Gasteiger partial charge in [0.1, 0.15) is 17.8 Å². The van der Waals surface area contributed by atoms with Gasteiger partial charge in [0.15, 0.2) is 11.5 Å². The summed E-state index contributed by atoms with van der Waals surface area (Å²) >= 11 is 6.04. The van der Waals surface area contributed by atoms with Gasteiger partial charge in [0.2, 0.25) is 0 Å². The summed E-state index contributed by atoms with van der Waals surface area (Å²) in [5.74, 6) is 0.831. The molecule has 0 atom stereocenters. The van der Waals surface area contributed by atoms with Crippen molar-refractivity contribution in [2.75, 3.05) is 24.3 Å². The van der Waals surface area contributed by atoms with E-state index in [4.69, 9.17) is 11.6 Å². The third-order valence-corrected chi connectivity index (χ3v) is 3.13. The van der Waals surface area contributed by atoms with Crippen molar-refractivity contribution in [3.8, 4) is 0 Å². The second kappa shape index (κ2) is 6.65. The van der Waals surface area contributed by atoms with Crippen molar-refractivity contribution >= 4 is 29.0 Å². The molecule has 0 spiro atoms. The van der Waals surface area contributed by atoms with Gasteiger partial charge in [-0.3, -0.25) is 4.79 Å². The number of anilines is 2. The van der Waals surface area contributed by atoms with E-state index >= 15 is 0 Å². The highest BCUT2D eigenvalue weighted by Crippen LogP contribution is 2.22. The molecule has 0 bridgehead atoms. The number of nitrogens with zero attached hydrogens (tertiary/aromatic N) is 5. The van der Waals surface area contributed by atoms with Crippen LogP contribution in [0.3, 0.4) is 0 Å². The van der Waals surface area contributed by atoms with Crippen LogP contribution in [0.4, 0.5) is 11.5 Å². The van der Waals surface area contributed by atoms with Gasteiger partial charge in [0, 0.05) is 20.0 Å².